The van der Waals surface area contributed by atoms with Crippen molar-refractivity contribution in [3.05, 3.63) is 58.7 Å². The molecule has 1 saturated heterocycles. The molecule has 168 valence electrons. The maximum Gasteiger partial charge on any atom is 0.243 e. The lowest BCUT2D eigenvalue weighted by Crippen LogP contribution is -2.45. The smallest absolute Gasteiger partial charge is 0.243 e. The van der Waals surface area contributed by atoms with Gasteiger partial charge in [0.15, 0.2) is 0 Å². The van der Waals surface area contributed by atoms with Gasteiger partial charge >= 0.3 is 0 Å². The highest BCUT2D eigenvalue weighted by molar-refractivity contribution is 7.89. The Morgan fingerprint density at radius 1 is 1.13 bits per heavy atom. The minimum atomic E-state index is -3.65. The molecule has 1 atom stereocenters. The maximum atomic E-state index is 13.4. The van der Waals surface area contributed by atoms with Crippen molar-refractivity contribution in [3.63, 3.8) is 0 Å². The summed E-state index contributed by atoms with van der Waals surface area (Å²) in [6, 6.07) is 11.4. The van der Waals surface area contributed by atoms with E-state index in [1.54, 1.807) is 19.1 Å². The van der Waals surface area contributed by atoms with Crippen molar-refractivity contribution in [2.45, 2.75) is 45.1 Å². The van der Waals surface area contributed by atoms with E-state index in [4.69, 9.17) is 4.74 Å². The lowest BCUT2D eigenvalue weighted by Gasteiger charge is -2.34. The third-order valence-corrected chi connectivity index (χ3v) is 8.06. The maximum absolute atomic E-state index is 13.4. The zero-order valence-electron chi connectivity index (χ0n) is 19.0. The Labute approximate surface area is 185 Å². The van der Waals surface area contributed by atoms with E-state index >= 15 is 0 Å². The van der Waals surface area contributed by atoms with Crippen molar-refractivity contribution in [1.29, 1.82) is 0 Å². The van der Waals surface area contributed by atoms with Gasteiger partial charge in [0.05, 0.1) is 17.9 Å². The number of methoxy groups -OCH3 is 1. The Balaban J connectivity index is 1.74. The number of carbonyl (C=O) groups is 1. The van der Waals surface area contributed by atoms with Crippen LogP contribution in [0.2, 0.25) is 0 Å². The van der Waals surface area contributed by atoms with Crippen LogP contribution in [0.5, 0.6) is 5.75 Å². The predicted molar refractivity (Wildman–Crippen MR) is 122 cm³/mol. The lowest BCUT2D eigenvalue weighted by molar-refractivity contribution is -0.135. The minimum Gasteiger partial charge on any atom is -0.497 e. The molecule has 0 spiro atoms. The van der Waals surface area contributed by atoms with E-state index in [1.807, 2.05) is 57.2 Å². The number of piperidine rings is 1. The Morgan fingerprint density at radius 2 is 1.74 bits per heavy atom. The summed E-state index contributed by atoms with van der Waals surface area (Å²) in [5, 5.41) is 0. The average molecular weight is 445 g/mol. The fraction of sp³-hybridized carbons (Fsp3) is 0.458. The second-order valence-electron chi connectivity index (χ2n) is 8.47. The molecule has 1 heterocycles. The summed E-state index contributed by atoms with van der Waals surface area (Å²) >= 11 is 0. The molecule has 6 nitrogen and oxygen atoms in total. The molecule has 7 heteroatoms. The molecule has 0 aliphatic carbocycles. The fourth-order valence-electron chi connectivity index (χ4n) is 4.46. The van der Waals surface area contributed by atoms with Gasteiger partial charge < -0.3 is 9.64 Å². The van der Waals surface area contributed by atoms with E-state index in [1.165, 1.54) is 4.31 Å². The molecular formula is C24H32N2O4S. The summed E-state index contributed by atoms with van der Waals surface area (Å²) in [6.07, 6.45) is 1.37. The molecule has 0 saturated carbocycles. The molecule has 0 unspecified atom stereocenters. The molecule has 1 aliphatic rings. The fourth-order valence-corrected chi connectivity index (χ4v) is 6.39. The minimum absolute atomic E-state index is 0.0203. The topological polar surface area (TPSA) is 66.9 Å². The number of hydrogen-bond donors (Lipinski definition) is 0. The quantitative estimate of drug-likeness (QED) is 0.682. The molecular weight excluding hydrogens is 412 g/mol. The second-order valence-corrected chi connectivity index (χ2v) is 10.3. The van der Waals surface area contributed by atoms with Gasteiger partial charge in [0.1, 0.15) is 5.75 Å². The number of carbonyl (C=O) groups excluding carboxylic acids is 1. The van der Waals surface area contributed by atoms with Crippen molar-refractivity contribution in [3.8, 4) is 5.75 Å². The second kappa shape index (κ2) is 9.40. The van der Waals surface area contributed by atoms with Crippen LogP contribution in [0.15, 0.2) is 41.3 Å². The highest BCUT2D eigenvalue weighted by Gasteiger charge is 2.35. The van der Waals surface area contributed by atoms with Crippen molar-refractivity contribution < 1.29 is 17.9 Å². The molecule has 2 aromatic rings. The molecule has 1 amide bonds. The van der Waals surface area contributed by atoms with Crippen LogP contribution in [0, 0.1) is 26.7 Å². The SMILES string of the molecule is COc1ccc(CN(C)C(=O)[C@@H]2CCCN(S(=O)(=O)c3c(C)cc(C)cc3C)C2)cc1. The van der Waals surface area contributed by atoms with E-state index < -0.39 is 10.0 Å². The number of hydrogen-bond acceptors (Lipinski definition) is 4. The van der Waals surface area contributed by atoms with E-state index in [0.29, 0.717) is 30.8 Å². The largest absolute Gasteiger partial charge is 0.497 e. The number of sulfonamides is 1. The molecule has 0 N–H and O–H groups in total. The van der Waals surface area contributed by atoms with Crippen molar-refractivity contribution in [2.24, 2.45) is 5.92 Å². The number of nitrogens with zero attached hydrogens (tertiary/aromatic N) is 2. The third-order valence-electron chi connectivity index (χ3n) is 5.89. The van der Waals surface area contributed by atoms with Crippen LogP contribution in [-0.2, 0) is 21.4 Å². The normalized spacial score (nSPS) is 17.4. The number of aryl methyl sites for hydroxylation is 3. The van der Waals surface area contributed by atoms with Crippen LogP contribution in [0.4, 0.5) is 0 Å². The number of rotatable bonds is 6. The zero-order chi connectivity index (χ0) is 22.8. The highest BCUT2D eigenvalue weighted by Crippen LogP contribution is 2.29. The predicted octanol–water partition coefficient (Wildman–Crippen LogP) is 3.68. The van der Waals surface area contributed by atoms with Gasteiger partial charge in [-0.05, 0) is 62.4 Å². The number of ether oxygens (including phenoxy) is 1. The first-order valence-electron chi connectivity index (χ1n) is 10.6. The molecule has 0 bridgehead atoms. The van der Waals surface area contributed by atoms with Gasteiger partial charge in [0, 0.05) is 26.7 Å². The number of benzene rings is 2. The first-order valence-corrected chi connectivity index (χ1v) is 12.0. The molecule has 3 rings (SSSR count). The van der Waals surface area contributed by atoms with Gasteiger partial charge in [0.25, 0.3) is 0 Å². The summed E-state index contributed by atoms with van der Waals surface area (Å²) in [7, 11) is -0.260. The van der Waals surface area contributed by atoms with Crippen molar-refractivity contribution in [1.82, 2.24) is 9.21 Å². The first kappa shape index (κ1) is 23.3. The average Bonchev–Trinajstić information content (AvgIpc) is 2.73. The van der Waals surface area contributed by atoms with E-state index in [-0.39, 0.29) is 18.4 Å². The van der Waals surface area contributed by atoms with Crippen LogP contribution in [0.25, 0.3) is 0 Å². The molecule has 31 heavy (non-hydrogen) atoms. The summed E-state index contributed by atoms with van der Waals surface area (Å²) in [6.45, 7) is 6.78. The first-order chi connectivity index (χ1) is 14.6. The van der Waals surface area contributed by atoms with Crippen molar-refractivity contribution >= 4 is 15.9 Å². The molecule has 0 radical (unpaired) electrons. The number of amides is 1. The Hall–Kier alpha value is -2.38. The summed E-state index contributed by atoms with van der Waals surface area (Å²) < 4.78 is 33.5. The standard InChI is InChI=1S/C24H32N2O4S/c1-17-13-18(2)23(19(3)14-17)31(28,29)26-12-6-7-21(16-26)24(27)25(4)15-20-8-10-22(30-5)11-9-20/h8-11,13-14,21H,6-7,12,15-16H2,1-5H3/t21-/m1/s1. The van der Waals surface area contributed by atoms with Gasteiger partial charge in [-0.15, -0.1) is 0 Å². The Morgan fingerprint density at radius 3 is 2.32 bits per heavy atom. The van der Waals surface area contributed by atoms with Gasteiger partial charge in [0.2, 0.25) is 15.9 Å². The molecule has 1 fully saturated rings. The van der Waals surface area contributed by atoms with Crippen LogP contribution >= 0.6 is 0 Å². The lowest BCUT2D eigenvalue weighted by atomic mass is 9.98. The van der Waals surface area contributed by atoms with Gasteiger partial charge in [-0.1, -0.05) is 29.8 Å². The molecule has 0 aromatic heterocycles. The van der Waals surface area contributed by atoms with E-state index in [9.17, 15) is 13.2 Å². The van der Waals surface area contributed by atoms with Crippen molar-refractivity contribution in [2.75, 3.05) is 27.2 Å². The van der Waals surface area contributed by atoms with Gasteiger partial charge in [-0.25, -0.2) is 8.42 Å². The van der Waals surface area contributed by atoms with E-state index in [2.05, 4.69) is 0 Å². The van der Waals surface area contributed by atoms with Crippen LogP contribution < -0.4 is 4.74 Å². The zero-order valence-corrected chi connectivity index (χ0v) is 19.8. The third kappa shape index (κ3) is 5.10. The van der Waals surface area contributed by atoms with Crippen LogP contribution in [0.1, 0.15) is 35.1 Å². The molecule has 1 aliphatic heterocycles. The molecule has 2 aromatic carbocycles. The van der Waals surface area contributed by atoms with E-state index in [0.717, 1.165) is 28.0 Å². The Bertz CT molecular complexity index is 1020. The highest BCUT2D eigenvalue weighted by atomic mass is 32.2. The Kier molecular flexibility index (Phi) is 7.06. The summed E-state index contributed by atoms with van der Waals surface area (Å²) in [4.78, 5) is 15.2. The van der Waals surface area contributed by atoms with Crippen LogP contribution in [-0.4, -0.2) is 50.8 Å². The van der Waals surface area contributed by atoms with Gasteiger partial charge in [-0.3, -0.25) is 4.79 Å². The van der Waals surface area contributed by atoms with Crippen LogP contribution in [0.3, 0.4) is 0 Å². The van der Waals surface area contributed by atoms with Gasteiger partial charge in [-0.2, -0.15) is 4.31 Å². The summed E-state index contributed by atoms with van der Waals surface area (Å²) in [5.74, 6) is 0.415. The monoisotopic (exact) mass is 444 g/mol. The summed E-state index contributed by atoms with van der Waals surface area (Å²) in [5.41, 5.74) is 3.55.